The number of aliphatic hydroxyl groups is 1. The molecule has 10 heteroatoms. The Kier molecular flexibility index (Phi) is 7.15. The second-order valence-corrected chi connectivity index (χ2v) is 9.21. The van der Waals surface area contributed by atoms with Gasteiger partial charge >= 0.3 is 0 Å². The van der Waals surface area contributed by atoms with E-state index in [2.05, 4.69) is 20.2 Å². The second kappa shape index (κ2) is 10.6. The number of carbonyl (C=O) groups is 1. The van der Waals surface area contributed by atoms with E-state index < -0.39 is 12.0 Å². The van der Waals surface area contributed by atoms with Gasteiger partial charge in [-0.05, 0) is 57.1 Å². The summed E-state index contributed by atoms with van der Waals surface area (Å²) >= 11 is 0. The number of anilines is 1. The molecule has 0 unspecified atom stereocenters. The van der Waals surface area contributed by atoms with Crippen LogP contribution >= 0.6 is 0 Å². The molecule has 2 N–H and O–H groups in total. The number of nitrogens with zero attached hydrogens (tertiary/aromatic N) is 5. The van der Waals surface area contributed by atoms with E-state index in [0.29, 0.717) is 47.9 Å². The summed E-state index contributed by atoms with van der Waals surface area (Å²) in [5, 5.41) is 14.8. The number of ether oxygens (including phenoxy) is 2. The van der Waals surface area contributed by atoms with Crippen molar-refractivity contribution in [3.8, 4) is 11.5 Å². The summed E-state index contributed by atoms with van der Waals surface area (Å²) in [4.78, 5) is 28.5. The molecule has 36 heavy (non-hydrogen) atoms. The van der Waals surface area contributed by atoms with Crippen molar-refractivity contribution in [3.05, 3.63) is 47.3 Å². The Morgan fingerprint density at radius 3 is 2.83 bits per heavy atom. The summed E-state index contributed by atoms with van der Waals surface area (Å²) in [7, 11) is 1.56. The van der Waals surface area contributed by atoms with Gasteiger partial charge in [-0.2, -0.15) is 4.99 Å². The molecule has 1 amide bonds. The highest BCUT2D eigenvalue weighted by Crippen LogP contribution is 2.37. The molecule has 1 atom stereocenters. The number of piperidine rings is 1. The Balaban J connectivity index is 1.47. The molecular formula is C26H32N6O4. The number of likely N-dealkylation sites (tertiary alicyclic amines) is 1. The standard InChI is InChI=1S/C26H32N6O4/c1-17-19(7-6-10-27-17)25(34)30-26-29-22-20(24-28-11-14-32(24)26)8-9-21(23(22)35-2)36-16-18(33)15-31-12-4-3-5-13-31/h6-10,18,28,33H,3-5,11-16H2,1-2H3/t18-/m0/s1. The molecular weight excluding hydrogens is 460 g/mol. The summed E-state index contributed by atoms with van der Waals surface area (Å²) < 4.78 is 13.6. The lowest BCUT2D eigenvalue weighted by Crippen LogP contribution is -2.38. The van der Waals surface area contributed by atoms with Crippen LogP contribution in [0.3, 0.4) is 0 Å². The van der Waals surface area contributed by atoms with E-state index in [0.717, 1.165) is 24.3 Å². The first-order chi connectivity index (χ1) is 17.5. The van der Waals surface area contributed by atoms with Crippen LogP contribution in [0.4, 0.5) is 5.82 Å². The molecule has 1 fully saturated rings. The number of hydrogen-bond donors (Lipinski definition) is 2. The van der Waals surface area contributed by atoms with Crippen molar-refractivity contribution >= 4 is 22.6 Å². The average Bonchev–Trinajstić information content (AvgIpc) is 3.38. The lowest BCUT2D eigenvalue weighted by molar-refractivity contribution is 0.0609. The molecule has 5 rings (SSSR count). The van der Waals surface area contributed by atoms with Crippen LogP contribution in [-0.4, -0.2) is 76.4 Å². The second-order valence-electron chi connectivity index (χ2n) is 9.21. The number of aromatic nitrogens is 3. The van der Waals surface area contributed by atoms with E-state index in [1.165, 1.54) is 19.3 Å². The molecule has 4 heterocycles. The summed E-state index contributed by atoms with van der Waals surface area (Å²) in [6.45, 7) is 5.88. The van der Waals surface area contributed by atoms with Crippen LogP contribution < -0.4 is 20.4 Å². The van der Waals surface area contributed by atoms with Gasteiger partial charge in [0.25, 0.3) is 5.91 Å². The maximum absolute atomic E-state index is 13.0. The van der Waals surface area contributed by atoms with Crippen molar-refractivity contribution in [1.82, 2.24) is 19.4 Å². The fourth-order valence-electron chi connectivity index (χ4n) is 4.89. The molecule has 2 aromatic heterocycles. The van der Waals surface area contributed by atoms with Crippen molar-refractivity contribution in [1.29, 1.82) is 0 Å². The summed E-state index contributed by atoms with van der Waals surface area (Å²) in [5.74, 6) is 1.35. The number of pyridine rings is 1. The van der Waals surface area contributed by atoms with Crippen LogP contribution in [-0.2, 0) is 6.54 Å². The van der Waals surface area contributed by atoms with Crippen molar-refractivity contribution in [2.24, 2.45) is 4.99 Å². The number of amides is 1. The molecule has 0 spiro atoms. The number of carbonyl (C=O) groups excluding carboxylic acids is 1. The normalized spacial score (nSPS) is 17.0. The minimum Gasteiger partial charge on any atom is -0.491 e. The fourth-order valence-corrected chi connectivity index (χ4v) is 4.89. The number of aryl methyl sites for hydroxylation is 1. The highest BCUT2D eigenvalue weighted by atomic mass is 16.5. The predicted molar refractivity (Wildman–Crippen MR) is 135 cm³/mol. The number of β-amino-alcohol motifs (C(OH)–C–C–N with tert-alkyl or cyclic N) is 1. The van der Waals surface area contributed by atoms with Gasteiger partial charge in [-0.25, -0.2) is 4.98 Å². The maximum atomic E-state index is 13.0. The molecule has 2 aliphatic heterocycles. The third-order valence-electron chi connectivity index (χ3n) is 6.69. The molecule has 2 aliphatic rings. The van der Waals surface area contributed by atoms with Crippen LogP contribution in [0.2, 0.25) is 0 Å². The van der Waals surface area contributed by atoms with Gasteiger partial charge in [-0.3, -0.25) is 14.3 Å². The molecule has 190 valence electrons. The van der Waals surface area contributed by atoms with Crippen molar-refractivity contribution in [3.63, 3.8) is 0 Å². The largest absolute Gasteiger partial charge is 0.491 e. The van der Waals surface area contributed by atoms with Gasteiger partial charge in [0.05, 0.1) is 18.4 Å². The van der Waals surface area contributed by atoms with Gasteiger partial charge in [0.2, 0.25) is 5.62 Å². The molecule has 0 radical (unpaired) electrons. The smallest absolute Gasteiger partial charge is 0.282 e. The number of rotatable bonds is 7. The SMILES string of the molecule is COc1c(OC[C@@H](O)CN2CCCCC2)ccc2c3n(c(=NC(=O)c4cccnc4C)nc12)CCN3. The zero-order chi connectivity index (χ0) is 25.1. The van der Waals surface area contributed by atoms with Gasteiger partial charge in [0.15, 0.2) is 11.5 Å². The van der Waals surface area contributed by atoms with Crippen LogP contribution in [0.1, 0.15) is 35.3 Å². The first kappa shape index (κ1) is 24.2. The molecule has 3 aromatic rings. The summed E-state index contributed by atoms with van der Waals surface area (Å²) in [5.41, 5.74) is 1.88. The van der Waals surface area contributed by atoms with Crippen LogP contribution in [0, 0.1) is 6.92 Å². The lowest BCUT2D eigenvalue weighted by atomic mass is 10.1. The Bertz CT molecular complexity index is 1330. The fraction of sp³-hybridized carbons (Fsp3) is 0.462. The Morgan fingerprint density at radius 2 is 2.06 bits per heavy atom. The minimum atomic E-state index is -0.611. The van der Waals surface area contributed by atoms with Crippen molar-refractivity contribution < 1.29 is 19.4 Å². The molecule has 0 aliphatic carbocycles. The highest BCUT2D eigenvalue weighted by Gasteiger charge is 2.22. The van der Waals surface area contributed by atoms with Crippen molar-refractivity contribution in [2.75, 3.05) is 45.2 Å². The first-order valence-corrected chi connectivity index (χ1v) is 12.4. The highest BCUT2D eigenvalue weighted by molar-refractivity contribution is 5.97. The number of benzene rings is 1. The van der Waals surface area contributed by atoms with E-state index in [4.69, 9.17) is 14.5 Å². The van der Waals surface area contributed by atoms with Gasteiger partial charge in [0.1, 0.15) is 24.0 Å². The third kappa shape index (κ3) is 4.91. The predicted octanol–water partition coefficient (Wildman–Crippen LogP) is 2.14. The minimum absolute atomic E-state index is 0.145. The van der Waals surface area contributed by atoms with E-state index in [1.54, 1.807) is 32.4 Å². The summed E-state index contributed by atoms with van der Waals surface area (Å²) in [6, 6.07) is 7.17. The van der Waals surface area contributed by atoms with Crippen LogP contribution in [0.15, 0.2) is 35.5 Å². The molecule has 0 bridgehead atoms. The quantitative estimate of drug-likeness (QED) is 0.516. The molecule has 1 aromatic carbocycles. The number of methoxy groups -OCH3 is 1. The third-order valence-corrected chi connectivity index (χ3v) is 6.69. The zero-order valence-corrected chi connectivity index (χ0v) is 20.7. The van der Waals surface area contributed by atoms with Crippen LogP contribution in [0.5, 0.6) is 11.5 Å². The molecule has 10 nitrogen and oxygen atoms in total. The van der Waals surface area contributed by atoms with Gasteiger partial charge in [0, 0.05) is 31.2 Å². The monoisotopic (exact) mass is 492 g/mol. The molecule has 1 saturated heterocycles. The van der Waals surface area contributed by atoms with E-state index in [-0.39, 0.29) is 12.2 Å². The van der Waals surface area contributed by atoms with Crippen molar-refractivity contribution in [2.45, 2.75) is 38.8 Å². The number of aliphatic hydroxyl groups excluding tert-OH is 1. The topological polar surface area (TPSA) is 114 Å². The maximum Gasteiger partial charge on any atom is 0.282 e. The number of hydrogen-bond acceptors (Lipinski definition) is 8. The Hall–Kier alpha value is -3.50. The van der Waals surface area contributed by atoms with Gasteiger partial charge < -0.3 is 24.8 Å². The van der Waals surface area contributed by atoms with E-state index in [1.807, 2.05) is 16.7 Å². The zero-order valence-electron chi connectivity index (χ0n) is 20.7. The first-order valence-electron chi connectivity index (χ1n) is 12.4. The number of fused-ring (bicyclic) bond motifs is 3. The Labute approximate surface area is 209 Å². The van der Waals surface area contributed by atoms with E-state index >= 15 is 0 Å². The van der Waals surface area contributed by atoms with Gasteiger partial charge in [-0.1, -0.05) is 6.42 Å². The van der Waals surface area contributed by atoms with Crippen LogP contribution in [0.25, 0.3) is 10.9 Å². The summed E-state index contributed by atoms with van der Waals surface area (Å²) in [6.07, 6.45) is 4.63. The Morgan fingerprint density at radius 1 is 1.22 bits per heavy atom. The van der Waals surface area contributed by atoms with Gasteiger partial charge in [-0.15, -0.1) is 0 Å². The van der Waals surface area contributed by atoms with E-state index in [9.17, 15) is 9.90 Å². The average molecular weight is 493 g/mol. The number of nitrogens with one attached hydrogen (secondary N) is 1. The molecule has 0 saturated carbocycles. The lowest BCUT2D eigenvalue weighted by Gasteiger charge is -2.28.